The van der Waals surface area contributed by atoms with Gasteiger partial charge in [0.15, 0.2) is 0 Å². The lowest BCUT2D eigenvalue weighted by Crippen LogP contribution is -2.37. The molecule has 166 valence electrons. The molecule has 1 aromatic carbocycles. The first-order chi connectivity index (χ1) is 15.5. The number of nitrogen functional groups attached to an aromatic ring is 1. The molecule has 0 radical (unpaired) electrons. The molecule has 9 heteroatoms. The molecular weight excluding hydrogens is 448 g/mol. The van der Waals surface area contributed by atoms with Crippen molar-refractivity contribution in [3.63, 3.8) is 0 Å². The summed E-state index contributed by atoms with van der Waals surface area (Å²) in [6.45, 7) is 0.250. The summed E-state index contributed by atoms with van der Waals surface area (Å²) in [7, 11) is 3.26. The van der Waals surface area contributed by atoms with Gasteiger partial charge in [0.1, 0.15) is 28.8 Å². The van der Waals surface area contributed by atoms with Crippen LogP contribution in [0.3, 0.4) is 0 Å². The van der Waals surface area contributed by atoms with Crippen LogP contribution < -0.4 is 10.5 Å². The van der Waals surface area contributed by atoms with Crippen LogP contribution in [0.2, 0.25) is 5.02 Å². The molecule has 7 nitrogen and oxygen atoms in total. The van der Waals surface area contributed by atoms with Crippen LogP contribution in [0.4, 0.5) is 5.69 Å². The smallest absolute Gasteiger partial charge is 0.147 e. The number of rotatable bonds is 7. The van der Waals surface area contributed by atoms with Gasteiger partial charge in [0.25, 0.3) is 0 Å². The summed E-state index contributed by atoms with van der Waals surface area (Å²) < 4.78 is 16.7. The van der Waals surface area contributed by atoms with E-state index in [9.17, 15) is 0 Å². The number of pyridine rings is 1. The van der Waals surface area contributed by atoms with Gasteiger partial charge in [0.2, 0.25) is 0 Å². The molecule has 0 atom stereocenters. The number of hydrogen-bond acceptors (Lipinski definition) is 7. The number of H-pyrrole nitrogens is 1. The Kier molecular flexibility index (Phi) is 5.54. The lowest BCUT2D eigenvalue weighted by molar-refractivity contribution is -0.171. The van der Waals surface area contributed by atoms with E-state index in [1.165, 1.54) is 0 Å². The topological polar surface area (TPSA) is 95.3 Å². The zero-order chi connectivity index (χ0) is 22.3. The Morgan fingerprint density at radius 2 is 2.03 bits per heavy atom. The highest BCUT2D eigenvalue weighted by molar-refractivity contribution is 7.15. The number of fused-ring (bicyclic) bond motifs is 1. The van der Waals surface area contributed by atoms with E-state index < -0.39 is 0 Å². The predicted octanol–water partition coefficient (Wildman–Crippen LogP) is 5.60. The van der Waals surface area contributed by atoms with Gasteiger partial charge in [-0.15, -0.1) is 11.3 Å². The first-order valence-electron chi connectivity index (χ1n) is 10.3. The number of thiazole rings is 1. The van der Waals surface area contributed by atoms with Crippen molar-refractivity contribution in [3.8, 4) is 27.4 Å². The van der Waals surface area contributed by atoms with Crippen LogP contribution in [0.5, 0.6) is 5.75 Å². The highest BCUT2D eigenvalue weighted by atomic mass is 35.5. The maximum atomic E-state index is 6.64. The molecule has 0 saturated heterocycles. The van der Waals surface area contributed by atoms with Crippen molar-refractivity contribution in [3.05, 3.63) is 46.7 Å². The maximum absolute atomic E-state index is 6.64. The quantitative estimate of drug-likeness (QED) is 0.270. The number of ether oxygens (including phenoxy) is 3. The minimum Gasteiger partial charge on any atom is -0.496 e. The molecule has 3 heterocycles. The average molecular weight is 471 g/mol. The van der Waals surface area contributed by atoms with Gasteiger partial charge in [0, 0.05) is 47.8 Å². The fraction of sp³-hybridized carbons (Fsp3) is 0.304. The summed E-state index contributed by atoms with van der Waals surface area (Å²) in [5.41, 5.74) is 9.60. The summed E-state index contributed by atoms with van der Waals surface area (Å²) in [5, 5.41) is 2.44. The first kappa shape index (κ1) is 21.2. The fourth-order valence-electron chi connectivity index (χ4n) is 4.07. The van der Waals surface area contributed by atoms with Crippen LogP contribution in [0.25, 0.3) is 32.7 Å². The molecule has 1 aliphatic rings. The van der Waals surface area contributed by atoms with Gasteiger partial charge in [-0.2, -0.15) is 0 Å². The predicted molar refractivity (Wildman–Crippen MR) is 127 cm³/mol. The fourth-order valence-corrected chi connectivity index (χ4v) is 5.56. The summed E-state index contributed by atoms with van der Waals surface area (Å²) in [4.78, 5) is 13.6. The Morgan fingerprint density at radius 3 is 2.75 bits per heavy atom. The molecule has 0 spiro atoms. The van der Waals surface area contributed by atoms with E-state index in [2.05, 4.69) is 9.97 Å². The molecule has 32 heavy (non-hydrogen) atoms. The molecule has 1 saturated carbocycles. The van der Waals surface area contributed by atoms with E-state index in [4.69, 9.17) is 36.5 Å². The van der Waals surface area contributed by atoms with E-state index in [0.29, 0.717) is 16.5 Å². The van der Waals surface area contributed by atoms with Crippen molar-refractivity contribution in [1.82, 2.24) is 15.0 Å². The standard InChI is InChI=1S/C23H23ClN4O3S/c1-29-12-31-23(6-3-7-23)22-27-11-19(32-22)20-15-9-17(28-21(15)26-10-16(20)24)14-5-4-13(25)8-18(14)30-2/h4-5,8-11H,3,6-7,12,25H2,1-2H3,(H,26,28). The second kappa shape index (κ2) is 8.37. The zero-order valence-corrected chi connectivity index (χ0v) is 19.3. The number of nitrogens with one attached hydrogen (secondary N) is 1. The lowest BCUT2D eigenvalue weighted by Gasteiger charge is -2.39. The summed E-state index contributed by atoms with van der Waals surface area (Å²) in [5.74, 6) is 0.687. The monoisotopic (exact) mass is 470 g/mol. The number of benzene rings is 1. The molecule has 0 bridgehead atoms. The van der Waals surface area contributed by atoms with Crippen LogP contribution in [-0.2, 0) is 15.1 Å². The third-order valence-corrected chi connectivity index (χ3v) is 7.37. The Labute approximate surface area is 194 Å². The lowest BCUT2D eigenvalue weighted by atomic mass is 9.80. The van der Waals surface area contributed by atoms with Crippen LogP contribution in [0.15, 0.2) is 36.7 Å². The van der Waals surface area contributed by atoms with Gasteiger partial charge >= 0.3 is 0 Å². The molecule has 3 N–H and O–H groups in total. The van der Waals surface area contributed by atoms with Crippen molar-refractivity contribution in [2.24, 2.45) is 0 Å². The van der Waals surface area contributed by atoms with Crippen molar-refractivity contribution < 1.29 is 14.2 Å². The van der Waals surface area contributed by atoms with Gasteiger partial charge < -0.3 is 24.9 Å². The van der Waals surface area contributed by atoms with Gasteiger partial charge in [0.05, 0.1) is 22.7 Å². The SMILES string of the molecule is COCOC1(c2ncc(-c3c(Cl)cnc4[nH]c(-c5ccc(N)cc5OC)cc34)s2)CCC1. The van der Waals surface area contributed by atoms with Crippen molar-refractivity contribution in [2.75, 3.05) is 26.7 Å². The summed E-state index contributed by atoms with van der Waals surface area (Å²) >= 11 is 8.24. The first-order valence-corrected chi connectivity index (χ1v) is 11.4. The van der Waals surface area contributed by atoms with E-state index in [1.54, 1.807) is 37.8 Å². The van der Waals surface area contributed by atoms with Gasteiger partial charge in [-0.1, -0.05) is 11.6 Å². The minimum atomic E-state index is -0.363. The molecule has 0 aliphatic heterocycles. The number of anilines is 1. The van der Waals surface area contributed by atoms with Crippen LogP contribution in [0.1, 0.15) is 24.3 Å². The van der Waals surface area contributed by atoms with E-state index in [1.807, 2.05) is 24.4 Å². The van der Waals surface area contributed by atoms with Crippen molar-refractivity contribution in [1.29, 1.82) is 0 Å². The van der Waals surface area contributed by atoms with Gasteiger partial charge in [-0.3, -0.25) is 0 Å². The van der Waals surface area contributed by atoms with Crippen LogP contribution in [-0.4, -0.2) is 36.0 Å². The zero-order valence-electron chi connectivity index (χ0n) is 17.8. The average Bonchev–Trinajstić information content (AvgIpc) is 3.40. The number of aromatic nitrogens is 3. The Bertz CT molecular complexity index is 1280. The highest BCUT2D eigenvalue weighted by Crippen LogP contribution is 2.48. The molecule has 1 aliphatic carbocycles. The maximum Gasteiger partial charge on any atom is 0.147 e. The summed E-state index contributed by atoms with van der Waals surface area (Å²) in [6.07, 6.45) is 6.53. The van der Waals surface area contributed by atoms with Crippen molar-refractivity contribution >= 4 is 39.7 Å². The number of nitrogens with two attached hydrogens (primary N) is 1. The Morgan fingerprint density at radius 1 is 1.19 bits per heavy atom. The minimum absolute atomic E-state index is 0.250. The molecule has 5 rings (SSSR count). The molecule has 0 amide bonds. The second-order valence-corrected chi connectivity index (χ2v) is 9.25. The van der Waals surface area contributed by atoms with E-state index in [0.717, 1.165) is 57.0 Å². The highest BCUT2D eigenvalue weighted by Gasteiger charge is 2.43. The molecule has 3 aromatic heterocycles. The number of hydrogen-bond donors (Lipinski definition) is 2. The van der Waals surface area contributed by atoms with Crippen LogP contribution in [0, 0.1) is 0 Å². The van der Waals surface area contributed by atoms with E-state index in [-0.39, 0.29) is 12.4 Å². The third kappa shape index (κ3) is 3.53. The molecular formula is C23H23ClN4O3S. The number of halogens is 1. The normalized spacial score (nSPS) is 15.1. The summed E-state index contributed by atoms with van der Waals surface area (Å²) in [6, 6.07) is 7.61. The molecule has 0 unspecified atom stereocenters. The number of aromatic amines is 1. The van der Waals surface area contributed by atoms with Crippen LogP contribution >= 0.6 is 22.9 Å². The Balaban J connectivity index is 1.59. The van der Waals surface area contributed by atoms with E-state index >= 15 is 0 Å². The van der Waals surface area contributed by atoms with Gasteiger partial charge in [-0.25, -0.2) is 9.97 Å². The largest absolute Gasteiger partial charge is 0.496 e. The molecule has 4 aromatic rings. The number of nitrogens with zero attached hydrogens (tertiary/aromatic N) is 2. The third-order valence-electron chi connectivity index (χ3n) is 5.88. The number of methoxy groups -OCH3 is 2. The van der Waals surface area contributed by atoms with Crippen molar-refractivity contribution in [2.45, 2.75) is 24.9 Å². The Hall–Kier alpha value is -2.65. The van der Waals surface area contributed by atoms with Gasteiger partial charge in [-0.05, 0) is 37.5 Å². The second-order valence-electron chi connectivity index (χ2n) is 7.81. The molecule has 1 fully saturated rings.